The summed E-state index contributed by atoms with van der Waals surface area (Å²) >= 11 is 0. The van der Waals surface area contributed by atoms with Gasteiger partial charge in [0.15, 0.2) is 0 Å². The van der Waals surface area contributed by atoms with Crippen molar-refractivity contribution in [3.63, 3.8) is 0 Å². The number of halogens is 4. The van der Waals surface area contributed by atoms with Crippen molar-refractivity contribution < 1.29 is 22.0 Å². The van der Waals surface area contributed by atoms with Gasteiger partial charge in [0, 0.05) is 29.7 Å². The second kappa shape index (κ2) is 9.84. The molecule has 0 spiro atoms. The van der Waals surface area contributed by atoms with E-state index in [9.17, 15) is 17.6 Å². The van der Waals surface area contributed by atoms with E-state index >= 15 is 0 Å². The average Bonchev–Trinajstić information content (AvgIpc) is 3.05. The number of nitrogens with zero attached hydrogens (tertiary/aromatic N) is 2. The first kappa shape index (κ1) is 24.0. The molecule has 0 amide bonds. The predicted molar refractivity (Wildman–Crippen MR) is 119 cm³/mol. The van der Waals surface area contributed by atoms with Gasteiger partial charge in [0.2, 0.25) is 5.76 Å². The van der Waals surface area contributed by atoms with Crippen molar-refractivity contribution in [3.8, 4) is 0 Å². The van der Waals surface area contributed by atoms with Crippen LogP contribution in [-0.2, 0) is 25.6 Å². The van der Waals surface area contributed by atoms with Crippen LogP contribution in [0.25, 0.3) is 5.70 Å². The molecular weight excluding hydrogens is 420 g/mol. The molecule has 0 fully saturated rings. The maximum atomic E-state index is 14.0. The summed E-state index contributed by atoms with van der Waals surface area (Å²) in [5.74, 6) is -1.20. The third kappa shape index (κ3) is 5.03. The van der Waals surface area contributed by atoms with Crippen LogP contribution in [0.5, 0.6) is 0 Å². The van der Waals surface area contributed by atoms with Gasteiger partial charge in [-0.3, -0.25) is 9.98 Å². The second-order valence-corrected chi connectivity index (χ2v) is 8.10. The van der Waals surface area contributed by atoms with E-state index in [1.807, 2.05) is 20.8 Å². The van der Waals surface area contributed by atoms with Gasteiger partial charge in [0.25, 0.3) is 0 Å². The molecule has 1 aromatic heterocycles. The zero-order valence-corrected chi connectivity index (χ0v) is 18.8. The Bertz CT molecular complexity index is 1050. The normalized spacial score (nSPS) is 20.5. The number of hydrogen-bond donors (Lipinski definition) is 0. The first-order valence-electron chi connectivity index (χ1n) is 10.9. The molecule has 1 aromatic carbocycles. The summed E-state index contributed by atoms with van der Waals surface area (Å²) in [6.45, 7) is 7.71. The summed E-state index contributed by atoms with van der Waals surface area (Å²) in [6.07, 6.45) is 0.181. The van der Waals surface area contributed by atoms with Crippen molar-refractivity contribution in [1.82, 2.24) is 0 Å². The lowest BCUT2D eigenvalue weighted by atomic mass is 9.90. The molecule has 172 valence electrons. The predicted octanol–water partition coefficient (Wildman–Crippen LogP) is 7.29. The highest BCUT2D eigenvalue weighted by molar-refractivity contribution is 6.32. The van der Waals surface area contributed by atoms with Gasteiger partial charge >= 0.3 is 6.18 Å². The van der Waals surface area contributed by atoms with Gasteiger partial charge in [-0.25, -0.2) is 4.39 Å². The van der Waals surface area contributed by atoms with E-state index in [2.05, 4.69) is 9.98 Å². The largest absolute Gasteiger partial charge is 0.455 e. The van der Waals surface area contributed by atoms with Gasteiger partial charge in [-0.05, 0) is 18.4 Å². The number of hydrogen-bond acceptors (Lipinski definition) is 3. The van der Waals surface area contributed by atoms with Crippen LogP contribution in [0.1, 0.15) is 62.3 Å². The van der Waals surface area contributed by atoms with Crippen molar-refractivity contribution in [2.24, 2.45) is 21.8 Å². The number of benzene rings is 1. The monoisotopic (exact) mass is 448 g/mol. The van der Waals surface area contributed by atoms with Crippen LogP contribution in [0.4, 0.5) is 17.6 Å². The lowest BCUT2D eigenvalue weighted by Crippen LogP contribution is -2.18. The third-order valence-electron chi connectivity index (χ3n) is 5.83. The average molecular weight is 449 g/mol. The van der Waals surface area contributed by atoms with E-state index in [1.165, 1.54) is 12.3 Å². The van der Waals surface area contributed by atoms with Crippen molar-refractivity contribution in [1.29, 1.82) is 0 Å². The van der Waals surface area contributed by atoms with Gasteiger partial charge in [-0.2, -0.15) is 13.2 Å². The minimum absolute atomic E-state index is 0.0295. The quantitative estimate of drug-likeness (QED) is 0.428. The Morgan fingerprint density at radius 1 is 1.12 bits per heavy atom. The number of alkyl halides is 3. The Morgan fingerprint density at radius 3 is 2.47 bits per heavy atom. The Morgan fingerprint density at radius 2 is 1.84 bits per heavy atom. The molecule has 0 radical (unpaired) electrons. The van der Waals surface area contributed by atoms with Crippen molar-refractivity contribution in [3.05, 3.63) is 64.4 Å². The molecule has 0 N–H and O–H groups in total. The fourth-order valence-corrected chi connectivity index (χ4v) is 3.88. The standard InChI is InChI=1S/C25H28F4N2O/c1-5-9-18-22(6-2)32-24(25(27,28)29)23(18)20-12-15(3)16(4)21(14-31-20)30-13-17-10-7-8-11-19(17)26/h7-8,10-12,14-16H,5-6,9,13H2,1-4H3. The fourth-order valence-electron chi connectivity index (χ4n) is 3.88. The number of aliphatic imine (C=N–C) groups is 2. The van der Waals surface area contributed by atoms with Crippen molar-refractivity contribution >= 4 is 17.6 Å². The molecule has 2 heterocycles. The smallest absolute Gasteiger partial charge is 0.450 e. The molecule has 0 aliphatic carbocycles. The number of allylic oxidation sites excluding steroid dienone is 1. The van der Waals surface area contributed by atoms with Crippen molar-refractivity contribution in [2.45, 2.75) is 59.7 Å². The Hall–Kier alpha value is -2.70. The van der Waals surface area contributed by atoms with Crippen LogP contribution in [0.3, 0.4) is 0 Å². The number of aryl methyl sites for hydroxylation is 1. The molecule has 1 aliphatic rings. The highest BCUT2D eigenvalue weighted by atomic mass is 19.4. The van der Waals surface area contributed by atoms with E-state index in [0.717, 1.165) is 0 Å². The van der Waals surface area contributed by atoms with Gasteiger partial charge in [-0.15, -0.1) is 0 Å². The number of rotatable bonds is 6. The topological polar surface area (TPSA) is 37.9 Å². The van der Waals surface area contributed by atoms with E-state index in [1.54, 1.807) is 31.2 Å². The van der Waals surface area contributed by atoms with Gasteiger partial charge in [-0.1, -0.05) is 58.4 Å². The van der Waals surface area contributed by atoms with Crippen LogP contribution in [0, 0.1) is 17.7 Å². The SMILES string of the molecule is CCCc1c(CC)oc(C(F)(F)F)c1C1=CC(C)C(C)C(=NCc2ccccc2F)C=N1. The lowest BCUT2D eigenvalue weighted by Gasteiger charge is -2.15. The maximum absolute atomic E-state index is 14.0. The molecule has 3 rings (SSSR count). The lowest BCUT2D eigenvalue weighted by molar-refractivity contribution is -0.153. The van der Waals surface area contributed by atoms with Crippen LogP contribution in [-0.4, -0.2) is 11.9 Å². The molecule has 2 atom stereocenters. The van der Waals surface area contributed by atoms with Crippen molar-refractivity contribution in [2.75, 3.05) is 0 Å². The Labute approximate surface area is 186 Å². The van der Waals surface area contributed by atoms with Crippen LogP contribution in [0.2, 0.25) is 0 Å². The molecule has 2 aromatic rings. The van der Waals surface area contributed by atoms with Crippen LogP contribution in [0.15, 0.2) is 44.7 Å². The first-order valence-corrected chi connectivity index (χ1v) is 10.9. The summed E-state index contributed by atoms with van der Waals surface area (Å²) < 4.78 is 60.8. The minimum Gasteiger partial charge on any atom is -0.455 e. The van der Waals surface area contributed by atoms with E-state index < -0.39 is 11.9 Å². The maximum Gasteiger partial charge on any atom is 0.450 e. The van der Waals surface area contributed by atoms with Gasteiger partial charge in [0.05, 0.1) is 23.5 Å². The molecule has 2 unspecified atom stereocenters. The fraction of sp³-hybridized carbons (Fsp3) is 0.440. The zero-order chi connectivity index (χ0) is 23.5. The van der Waals surface area contributed by atoms with Crippen LogP contribution < -0.4 is 0 Å². The Balaban J connectivity index is 2.05. The molecule has 32 heavy (non-hydrogen) atoms. The minimum atomic E-state index is -4.62. The summed E-state index contributed by atoms with van der Waals surface area (Å²) in [5.41, 5.74) is 1.92. The van der Waals surface area contributed by atoms with E-state index in [0.29, 0.717) is 41.9 Å². The Kier molecular flexibility index (Phi) is 7.36. The van der Waals surface area contributed by atoms with Gasteiger partial charge < -0.3 is 4.42 Å². The molecule has 7 heteroatoms. The number of furan rings is 1. The first-order chi connectivity index (χ1) is 15.2. The van der Waals surface area contributed by atoms with E-state index in [4.69, 9.17) is 4.42 Å². The summed E-state index contributed by atoms with van der Waals surface area (Å²) in [5, 5.41) is 0. The van der Waals surface area contributed by atoms with Gasteiger partial charge in [0.1, 0.15) is 11.6 Å². The third-order valence-corrected chi connectivity index (χ3v) is 5.83. The summed E-state index contributed by atoms with van der Waals surface area (Å²) in [4.78, 5) is 8.96. The second-order valence-electron chi connectivity index (χ2n) is 8.10. The highest BCUT2D eigenvalue weighted by Gasteiger charge is 2.41. The van der Waals surface area contributed by atoms with Crippen LogP contribution >= 0.6 is 0 Å². The molecule has 1 aliphatic heterocycles. The molecular formula is C25H28F4N2O. The summed E-state index contributed by atoms with van der Waals surface area (Å²) in [6, 6.07) is 6.39. The highest BCUT2D eigenvalue weighted by Crippen LogP contribution is 2.42. The molecule has 0 saturated carbocycles. The zero-order valence-electron chi connectivity index (χ0n) is 18.8. The molecule has 3 nitrogen and oxygen atoms in total. The molecule has 0 saturated heterocycles. The van der Waals surface area contributed by atoms with E-state index in [-0.39, 0.29) is 35.5 Å². The molecule has 0 bridgehead atoms. The summed E-state index contributed by atoms with van der Waals surface area (Å²) in [7, 11) is 0.